The van der Waals surface area contributed by atoms with Gasteiger partial charge in [0, 0.05) is 20.3 Å². The van der Waals surface area contributed by atoms with E-state index in [0.717, 1.165) is 16.9 Å². The molecule has 7 heteroatoms. The first-order chi connectivity index (χ1) is 11.8. The van der Waals surface area contributed by atoms with E-state index in [-0.39, 0.29) is 24.8 Å². The molecule has 2 rings (SSSR count). The zero-order valence-electron chi connectivity index (χ0n) is 15.1. The molecule has 0 radical (unpaired) electrons. The zero-order chi connectivity index (χ0) is 18.4. The number of aromatic nitrogens is 2. The van der Waals surface area contributed by atoms with Crippen molar-refractivity contribution in [1.29, 1.82) is 0 Å². The molecule has 25 heavy (non-hydrogen) atoms. The van der Waals surface area contributed by atoms with Crippen LogP contribution >= 0.6 is 0 Å². The van der Waals surface area contributed by atoms with Gasteiger partial charge in [-0.25, -0.2) is 0 Å². The monoisotopic (exact) mass is 344 g/mol. The second-order valence-corrected chi connectivity index (χ2v) is 6.18. The van der Waals surface area contributed by atoms with Crippen LogP contribution < -0.4 is 10.1 Å². The van der Waals surface area contributed by atoms with Crippen molar-refractivity contribution >= 4 is 17.5 Å². The van der Waals surface area contributed by atoms with Gasteiger partial charge < -0.3 is 15.0 Å². The molecule has 0 aliphatic rings. The summed E-state index contributed by atoms with van der Waals surface area (Å²) >= 11 is 0. The van der Waals surface area contributed by atoms with Crippen molar-refractivity contribution in [2.45, 2.75) is 26.8 Å². The Balaban J connectivity index is 1.78. The Labute approximate surface area is 147 Å². The van der Waals surface area contributed by atoms with E-state index < -0.39 is 0 Å². The molecule has 0 saturated heterocycles. The van der Waals surface area contributed by atoms with Gasteiger partial charge >= 0.3 is 0 Å². The zero-order valence-corrected chi connectivity index (χ0v) is 15.1. The molecule has 0 atom stereocenters. The van der Waals surface area contributed by atoms with E-state index >= 15 is 0 Å². The predicted octanol–water partition coefficient (Wildman–Crippen LogP) is 2.00. The van der Waals surface area contributed by atoms with Crippen LogP contribution in [0.15, 0.2) is 30.6 Å². The average Bonchev–Trinajstić information content (AvgIpc) is 2.93. The molecule has 0 saturated carbocycles. The molecule has 0 unspecified atom stereocenters. The Kier molecular flexibility index (Phi) is 6.16. The molecule has 1 N–H and O–H groups in total. The fourth-order valence-corrected chi connectivity index (χ4v) is 2.30. The summed E-state index contributed by atoms with van der Waals surface area (Å²) < 4.78 is 7.12. The highest BCUT2D eigenvalue weighted by Gasteiger charge is 2.09. The van der Waals surface area contributed by atoms with Crippen molar-refractivity contribution < 1.29 is 14.3 Å². The minimum absolute atomic E-state index is 0.0668. The smallest absolute Gasteiger partial charge is 0.243 e. The van der Waals surface area contributed by atoms with Crippen molar-refractivity contribution in [1.82, 2.24) is 14.7 Å². The van der Waals surface area contributed by atoms with E-state index in [1.165, 1.54) is 15.8 Å². The maximum Gasteiger partial charge on any atom is 0.243 e. The summed E-state index contributed by atoms with van der Waals surface area (Å²) in [4.78, 5) is 25.1. The molecule has 0 spiro atoms. The van der Waals surface area contributed by atoms with Crippen molar-refractivity contribution in [2.24, 2.45) is 0 Å². The molecule has 0 fully saturated rings. The van der Waals surface area contributed by atoms with Crippen molar-refractivity contribution in [2.75, 3.05) is 26.0 Å². The summed E-state index contributed by atoms with van der Waals surface area (Å²) in [5, 5.41) is 6.81. The van der Waals surface area contributed by atoms with Crippen molar-refractivity contribution in [3.05, 3.63) is 41.7 Å². The second-order valence-electron chi connectivity index (χ2n) is 6.18. The van der Waals surface area contributed by atoms with E-state index in [1.807, 2.05) is 26.0 Å². The number of amides is 2. The molecule has 0 aliphatic heterocycles. The second kappa shape index (κ2) is 8.32. The third kappa shape index (κ3) is 5.95. The van der Waals surface area contributed by atoms with Crippen LogP contribution in [0.1, 0.15) is 17.5 Å². The van der Waals surface area contributed by atoms with Gasteiger partial charge in [-0.2, -0.15) is 5.10 Å². The van der Waals surface area contributed by atoms with E-state index in [4.69, 9.17) is 4.74 Å². The highest BCUT2D eigenvalue weighted by molar-refractivity contribution is 5.90. The summed E-state index contributed by atoms with van der Waals surface area (Å²) in [6.07, 6.45) is 3.38. The molecule has 1 aromatic heterocycles. The first-order valence-electron chi connectivity index (χ1n) is 8.07. The molecule has 1 heterocycles. The molecule has 1 aromatic carbocycles. The van der Waals surface area contributed by atoms with E-state index in [0.29, 0.717) is 12.3 Å². The topological polar surface area (TPSA) is 76.5 Å². The summed E-state index contributed by atoms with van der Waals surface area (Å²) in [7, 11) is 3.37. The van der Waals surface area contributed by atoms with Gasteiger partial charge in [-0.3, -0.25) is 14.3 Å². The van der Waals surface area contributed by atoms with Gasteiger partial charge in [0.1, 0.15) is 12.3 Å². The lowest BCUT2D eigenvalue weighted by Gasteiger charge is -2.09. The number of aryl methyl sites for hydroxylation is 2. The number of carbonyl (C=O) groups excluding carboxylic acids is 2. The number of nitrogens with one attached hydrogen (secondary N) is 1. The van der Waals surface area contributed by atoms with Crippen LogP contribution in [-0.2, 0) is 16.1 Å². The quantitative estimate of drug-likeness (QED) is 0.833. The number of ether oxygens (including phenoxy) is 1. The lowest BCUT2D eigenvalue weighted by atomic mass is 10.1. The first-order valence-corrected chi connectivity index (χ1v) is 8.07. The standard InChI is InChI=1S/C18H24N4O3/c1-13-7-14(2)9-16(8-13)25-6-5-17(23)20-15-10-19-22(11-15)12-18(24)21(3)4/h7-11H,5-6,12H2,1-4H3,(H,20,23). The van der Waals surface area contributed by atoms with Crippen LogP contribution in [0.2, 0.25) is 0 Å². The number of hydrogen-bond acceptors (Lipinski definition) is 4. The number of anilines is 1. The highest BCUT2D eigenvalue weighted by atomic mass is 16.5. The maximum absolute atomic E-state index is 12.0. The molecule has 0 bridgehead atoms. The number of likely N-dealkylation sites (N-methyl/N-ethyl adjacent to an activating group) is 1. The highest BCUT2D eigenvalue weighted by Crippen LogP contribution is 2.16. The van der Waals surface area contributed by atoms with E-state index in [2.05, 4.69) is 16.5 Å². The van der Waals surface area contributed by atoms with Crippen LogP contribution in [0.5, 0.6) is 5.75 Å². The fourth-order valence-electron chi connectivity index (χ4n) is 2.30. The maximum atomic E-state index is 12.0. The summed E-state index contributed by atoms with van der Waals surface area (Å²) in [5.74, 6) is 0.533. The SMILES string of the molecule is Cc1cc(C)cc(OCCC(=O)Nc2cnn(CC(=O)N(C)C)c2)c1. The average molecular weight is 344 g/mol. The Hall–Kier alpha value is -2.83. The third-order valence-corrected chi connectivity index (χ3v) is 3.51. The molecular formula is C18H24N4O3. The molecule has 2 amide bonds. The molecule has 7 nitrogen and oxygen atoms in total. The number of rotatable bonds is 7. The number of benzene rings is 1. The Morgan fingerprint density at radius 2 is 1.88 bits per heavy atom. The minimum atomic E-state index is -0.164. The molecule has 134 valence electrons. The van der Waals surface area contributed by atoms with Gasteiger partial charge in [0.05, 0.1) is 24.9 Å². The predicted molar refractivity (Wildman–Crippen MR) is 95.6 cm³/mol. The van der Waals surface area contributed by atoms with Crippen LogP contribution in [0.4, 0.5) is 5.69 Å². The lowest BCUT2D eigenvalue weighted by Crippen LogP contribution is -2.26. The number of hydrogen-bond donors (Lipinski definition) is 1. The van der Waals surface area contributed by atoms with Gasteiger partial charge in [0.25, 0.3) is 0 Å². The van der Waals surface area contributed by atoms with Gasteiger partial charge in [0.15, 0.2) is 0 Å². The van der Waals surface area contributed by atoms with Crippen molar-refractivity contribution in [3.63, 3.8) is 0 Å². The van der Waals surface area contributed by atoms with Gasteiger partial charge in [-0.15, -0.1) is 0 Å². The lowest BCUT2D eigenvalue weighted by molar-refractivity contribution is -0.129. The van der Waals surface area contributed by atoms with Gasteiger partial charge in [-0.1, -0.05) is 6.07 Å². The Bertz CT molecular complexity index is 732. The number of carbonyl (C=O) groups is 2. The van der Waals surface area contributed by atoms with Crippen LogP contribution in [0.25, 0.3) is 0 Å². The van der Waals surface area contributed by atoms with Gasteiger partial charge in [0.2, 0.25) is 11.8 Å². The third-order valence-electron chi connectivity index (χ3n) is 3.51. The minimum Gasteiger partial charge on any atom is -0.493 e. The summed E-state index contributed by atoms with van der Waals surface area (Å²) in [6, 6.07) is 5.95. The summed E-state index contributed by atoms with van der Waals surface area (Å²) in [5.41, 5.74) is 2.81. The van der Waals surface area contributed by atoms with Crippen molar-refractivity contribution in [3.8, 4) is 5.75 Å². The molecular weight excluding hydrogens is 320 g/mol. The normalized spacial score (nSPS) is 10.4. The van der Waals surface area contributed by atoms with E-state index in [1.54, 1.807) is 20.3 Å². The molecule has 2 aromatic rings. The summed E-state index contributed by atoms with van der Waals surface area (Å²) in [6.45, 7) is 4.44. The molecule has 0 aliphatic carbocycles. The van der Waals surface area contributed by atoms with E-state index in [9.17, 15) is 9.59 Å². The Morgan fingerprint density at radius 3 is 2.52 bits per heavy atom. The number of nitrogens with zero attached hydrogens (tertiary/aromatic N) is 3. The first kappa shape index (κ1) is 18.5. The van der Waals surface area contributed by atoms with Crippen LogP contribution in [-0.4, -0.2) is 47.2 Å². The Morgan fingerprint density at radius 1 is 1.20 bits per heavy atom. The van der Waals surface area contributed by atoms with Crippen LogP contribution in [0, 0.1) is 13.8 Å². The fraction of sp³-hybridized carbons (Fsp3) is 0.389. The largest absolute Gasteiger partial charge is 0.493 e. The van der Waals surface area contributed by atoms with Gasteiger partial charge in [-0.05, 0) is 37.1 Å². The van der Waals surface area contributed by atoms with Crippen LogP contribution in [0.3, 0.4) is 0 Å².